The molecule has 2 aliphatic heterocycles. The molecule has 1 fully saturated rings. The van der Waals surface area contributed by atoms with Gasteiger partial charge in [0.05, 0.1) is 25.7 Å². The topological polar surface area (TPSA) is 74.2 Å². The van der Waals surface area contributed by atoms with Crippen LogP contribution in [0.3, 0.4) is 0 Å². The highest BCUT2D eigenvalue weighted by Gasteiger charge is 2.42. The minimum Gasteiger partial charge on any atom is -0.497 e. The second-order valence-electron chi connectivity index (χ2n) is 6.53. The first-order valence-corrected chi connectivity index (χ1v) is 8.53. The molecule has 0 aromatic heterocycles. The molecule has 2 aromatic carbocycles. The minimum atomic E-state index is -0.945. The molecule has 1 N–H and O–H groups in total. The zero-order valence-electron chi connectivity index (χ0n) is 14.4. The smallest absolute Gasteiger partial charge is 0.312 e. The van der Waals surface area contributed by atoms with Crippen LogP contribution in [0.4, 0.5) is 0 Å². The monoisotopic (exact) mass is 356 g/mol. The predicted octanol–water partition coefficient (Wildman–Crippen LogP) is 2.49. The van der Waals surface area contributed by atoms with Crippen molar-refractivity contribution in [2.75, 3.05) is 20.5 Å². The lowest BCUT2D eigenvalue weighted by molar-refractivity contribution is -0.144. The van der Waals surface area contributed by atoms with Crippen LogP contribution in [0.5, 0.6) is 17.2 Å². The summed E-state index contributed by atoms with van der Waals surface area (Å²) >= 11 is 0. The third-order valence-electron chi connectivity index (χ3n) is 4.93. The SMILES string of the molecule is COc1cccc([C@H](O)[C@H]2C(=O)OC[C@@H]2Cc2ccc3c(c2)OCO3)c1. The Morgan fingerprint density at radius 3 is 2.85 bits per heavy atom. The van der Waals surface area contributed by atoms with E-state index in [1.165, 1.54) is 0 Å². The van der Waals surface area contributed by atoms with Gasteiger partial charge in [-0.15, -0.1) is 0 Å². The number of methoxy groups -OCH3 is 1. The number of carbonyl (C=O) groups is 1. The second kappa shape index (κ2) is 6.88. The zero-order valence-corrected chi connectivity index (χ0v) is 14.4. The molecule has 4 rings (SSSR count). The Morgan fingerprint density at radius 1 is 1.15 bits per heavy atom. The second-order valence-corrected chi connectivity index (χ2v) is 6.53. The largest absolute Gasteiger partial charge is 0.497 e. The van der Waals surface area contributed by atoms with Gasteiger partial charge in [0.15, 0.2) is 11.5 Å². The Morgan fingerprint density at radius 2 is 2.00 bits per heavy atom. The predicted molar refractivity (Wildman–Crippen MR) is 92.2 cm³/mol. The van der Waals surface area contributed by atoms with Gasteiger partial charge < -0.3 is 24.1 Å². The number of carbonyl (C=O) groups excluding carboxylic acids is 1. The number of hydrogen-bond acceptors (Lipinski definition) is 6. The average Bonchev–Trinajstić information content (AvgIpc) is 3.27. The van der Waals surface area contributed by atoms with E-state index in [9.17, 15) is 9.90 Å². The maximum absolute atomic E-state index is 12.3. The summed E-state index contributed by atoms with van der Waals surface area (Å²) in [4.78, 5) is 12.3. The van der Waals surface area contributed by atoms with E-state index in [1.54, 1.807) is 31.4 Å². The van der Waals surface area contributed by atoms with E-state index in [2.05, 4.69) is 0 Å². The lowest BCUT2D eigenvalue weighted by Crippen LogP contribution is -2.25. The average molecular weight is 356 g/mol. The van der Waals surface area contributed by atoms with Crippen LogP contribution < -0.4 is 14.2 Å². The molecule has 2 aromatic rings. The van der Waals surface area contributed by atoms with Crippen molar-refractivity contribution in [1.29, 1.82) is 0 Å². The fourth-order valence-corrected chi connectivity index (χ4v) is 3.56. The van der Waals surface area contributed by atoms with Crippen LogP contribution in [-0.4, -0.2) is 31.6 Å². The Hall–Kier alpha value is -2.73. The summed E-state index contributed by atoms with van der Waals surface area (Å²) in [7, 11) is 1.57. The van der Waals surface area contributed by atoms with Crippen LogP contribution in [-0.2, 0) is 16.0 Å². The molecule has 2 aliphatic rings. The number of aliphatic hydroxyl groups excluding tert-OH is 1. The molecular formula is C20H20O6. The van der Waals surface area contributed by atoms with Gasteiger partial charge in [-0.2, -0.15) is 0 Å². The van der Waals surface area contributed by atoms with E-state index < -0.39 is 12.0 Å². The van der Waals surface area contributed by atoms with Gasteiger partial charge in [0.1, 0.15) is 5.75 Å². The highest BCUT2D eigenvalue weighted by Crippen LogP contribution is 2.38. The fraction of sp³-hybridized carbons (Fsp3) is 0.350. The van der Waals surface area contributed by atoms with E-state index in [0.717, 1.165) is 11.3 Å². The van der Waals surface area contributed by atoms with Gasteiger partial charge in [-0.1, -0.05) is 18.2 Å². The number of cyclic esters (lactones) is 1. The summed E-state index contributed by atoms with van der Waals surface area (Å²) in [5, 5.41) is 10.8. The van der Waals surface area contributed by atoms with E-state index in [-0.39, 0.29) is 18.7 Å². The van der Waals surface area contributed by atoms with Crippen LogP contribution >= 0.6 is 0 Å². The van der Waals surface area contributed by atoms with Crippen LogP contribution in [0.1, 0.15) is 17.2 Å². The number of benzene rings is 2. The molecule has 0 unspecified atom stereocenters. The molecule has 0 spiro atoms. The Labute approximate surface area is 151 Å². The van der Waals surface area contributed by atoms with E-state index in [4.69, 9.17) is 18.9 Å². The number of aliphatic hydroxyl groups is 1. The lowest BCUT2D eigenvalue weighted by atomic mass is 9.83. The van der Waals surface area contributed by atoms with Crippen molar-refractivity contribution in [1.82, 2.24) is 0 Å². The Kier molecular flexibility index (Phi) is 4.42. The third-order valence-corrected chi connectivity index (χ3v) is 4.93. The van der Waals surface area contributed by atoms with Crippen molar-refractivity contribution in [3.05, 3.63) is 53.6 Å². The van der Waals surface area contributed by atoms with Gasteiger partial charge in [0.2, 0.25) is 6.79 Å². The maximum atomic E-state index is 12.3. The van der Waals surface area contributed by atoms with Gasteiger partial charge in [-0.3, -0.25) is 4.79 Å². The molecule has 0 saturated carbocycles. The van der Waals surface area contributed by atoms with Gasteiger partial charge in [-0.25, -0.2) is 0 Å². The third kappa shape index (κ3) is 3.08. The lowest BCUT2D eigenvalue weighted by Gasteiger charge is -2.21. The molecule has 1 saturated heterocycles. The van der Waals surface area contributed by atoms with Gasteiger partial charge in [0.25, 0.3) is 0 Å². The van der Waals surface area contributed by atoms with Gasteiger partial charge >= 0.3 is 5.97 Å². The number of rotatable bonds is 5. The summed E-state index contributed by atoms with van der Waals surface area (Å²) in [5.74, 6) is 0.959. The summed E-state index contributed by atoms with van der Waals surface area (Å²) in [5.41, 5.74) is 1.66. The van der Waals surface area contributed by atoms with Crippen molar-refractivity contribution < 1.29 is 28.8 Å². The number of esters is 1. The maximum Gasteiger partial charge on any atom is 0.312 e. The summed E-state index contributed by atoms with van der Waals surface area (Å²) in [6.07, 6.45) is -0.340. The number of fused-ring (bicyclic) bond motifs is 1. The van der Waals surface area contributed by atoms with E-state index in [0.29, 0.717) is 30.1 Å². The first kappa shape index (κ1) is 16.7. The number of hydrogen-bond donors (Lipinski definition) is 1. The standard InChI is InChI=1S/C20H20O6/c1-23-15-4-2-3-13(9-15)19(21)18-14(10-24-20(18)22)7-12-5-6-16-17(8-12)26-11-25-16/h2-6,8-9,14,18-19,21H,7,10-11H2,1H3/t14-,18-,19-/m0/s1. The molecule has 26 heavy (non-hydrogen) atoms. The van der Waals surface area contributed by atoms with Crippen molar-refractivity contribution in [2.45, 2.75) is 12.5 Å². The van der Waals surface area contributed by atoms with Crippen molar-refractivity contribution in [3.63, 3.8) is 0 Å². The summed E-state index contributed by atoms with van der Waals surface area (Å²) < 4.78 is 21.2. The van der Waals surface area contributed by atoms with Crippen LogP contribution in [0.15, 0.2) is 42.5 Å². The van der Waals surface area contributed by atoms with Crippen molar-refractivity contribution >= 4 is 5.97 Å². The molecule has 2 heterocycles. The summed E-state index contributed by atoms with van der Waals surface area (Å²) in [6, 6.07) is 12.9. The molecule has 3 atom stereocenters. The molecule has 0 aliphatic carbocycles. The highest BCUT2D eigenvalue weighted by atomic mass is 16.7. The Balaban J connectivity index is 1.55. The quantitative estimate of drug-likeness (QED) is 0.830. The zero-order chi connectivity index (χ0) is 18.1. The molecule has 0 amide bonds. The van der Waals surface area contributed by atoms with Gasteiger partial charge in [-0.05, 0) is 41.8 Å². The highest BCUT2D eigenvalue weighted by molar-refractivity contribution is 5.76. The minimum absolute atomic E-state index is 0.121. The van der Waals surface area contributed by atoms with Crippen molar-refractivity contribution in [2.24, 2.45) is 11.8 Å². The van der Waals surface area contributed by atoms with E-state index in [1.807, 2.05) is 18.2 Å². The molecular weight excluding hydrogens is 336 g/mol. The summed E-state index contributed by atoms with van der Waals surface area (Å²) in [6.45, 7) is 0.514. The molecule has 0 bridgehead atoms. The van der Waals surface area contributed by atoms with Crippen molar-refractivity contribution in [3.8, 4) is 17.2 Å². The van der Waals surface area contributed by atoms with E-state index >= 15 is 0 Å². The first-order valence-electron chi connectivity index (χ1n) is 8.53. The molecule has 6 heteroatoms. The Bertz CT molecular complexity index is 818. The molecule has 136 valence electrons. The fourth-order valence-electron chi connectivity index (χ4n) is 3.56. The van der Waals surface area contributed by atoms with Crippen LogP contribution in [0.25, 0.3) is 0 Å². The van der Waals surface area contributed by atoms with Crippen LogP contribution in [0.2, 0.25) is 0 Å². The first-order chi connectivity index (χ1) is 12.7. The normalized spacial score (nSPS) is 22.2. The molecule has 0 radical (unpaired) electrons. The number of ether oxygens (including phenoxy) is 4. The van der Waals surface area contributed by atoms with Crippen LogP contribution in [0, 0.1) is 11.8 Å². The van der Waals surface area contributed by atoms with Gasteiger partial charge in [0, 0.05) is 5.92 Å². The molecule has 6 nitrogen and oxygen atoms in total.